The summed E-state index contributed by atoms with van der Waals surface area (Å²) in [5.41, 5.74) is 7.46. The molecule has 3 aromatic heterocycles. The first-order valence-corrected chi connectivity index (χ1v) is 9.53. The van der Waals surface area contributed by atoms with Crippen molar-refractivity contribution < 1.29 is 22.4 Å². The Balaban J connectivity index is 1.51. The molecule has 0 saturated carbocycles. The number of aromatic nitrogens is 6. The Morgan fingerprint density at radius 3 is 2.48 bits per heavy atom. The lowest BCUT2D eigenvalue weighted by Gasteiger charge is -2.17. The molecule has 0 aliphatic heterocycles. The summed E-state index contributed by atoms with van der Waals surface area (Å²) < 4.78 is 46.4. The van der Waals surface area contributed by atoms with Gasteiger partial charge >= 0.3 is 6.18 Å². The number of hydrogen-bond acceptors (Lipinski definition) is 10. The minimum absolute atomic E-state index is 0.0227. The topological polar surface area (TPSA) is 129 Å². The van der Waals surface area contributed by atoms with E-state index in [0.29, 0.717) is 11.3 Å². The number of nitrogens with zero attached hydrogens (tertiary/aromatic N) is 7. The molecule has 10 nitrogen and oxygen atoms in total. The SMILES string of the molecule is CN(c1ccccc1)c1nc(N)nc(-c2noc(-c3ccc(COCC(F)(F)F)cn3)n2)n1. The average Bonchev–Trinajstić information content (AvgIpc) is 3.29. The molecule has 13 heteroatoms. The zero-order valence-electron chi connectivity index (χ0n) is 17.2. The molecule has 1 aromatic carbocycles. The second kappa shape index (κ2) is 9.16. The van der Waals surface area contributed by atoms with Crippen LogP contribution in [0.1, 0.15) is 5.56 Å². The quantitative estimate of drug-likeness (QED) is 0.440. The summed E-state index contributed by atoms with van der Waals surface area (Å²) in [5, 5.41) is 3.87. The number of nitrogens with two attached hydrogens (primary N) is 1. The van der Waals surface area contributed by atoms with Crippen LogP contribution in [0.5, 0.6) is 0 Å². The van der Waals surface area contributed by atoms with Gasteiger partial charge in [-0.2, -0.15) is 33.1 Å². The van der Waals surface area contributed by atoms with Crippen LogP contribution in [-0.4, -0.2) is 49.9 Å². The smallest absolute Gasteiger partial charge is 0.368 e. The minimum Gasteiger partial charge on any atom is -0.368 e. The van der Waals surface area contributed by atoms with Crippen molar-refractivity contribution in [2.75, 3.05) is 24.3 Å². The Kier molecular flexibility index (Phi) is 6.13. The standard InChI is InChI=1S/C20H17F3N8O2/c1-31(13-5-3-2-4-6-13)19-28-15(27-18(24)29-19)16-26-17(33-30-16)14-8-7-12(9-25-14)10-32-11-20(21,22)23/h2-9H,10-11H2,1H3,(H2,24,27,28,29). The molecule has 0 spiro atoms. The van der Waals surface area contributed by atoms with Crippen molar-refractivity contribution in [3.63, 3.8) is 0 Å². The van der Waals surface area contributed by atoms with Gasteiger partial charge in [-0.25, -0.2) is 0 Å². The van der Waals surface area contributed by atoms with E-state index in [2.05, 4.69) is 34.8 Å². The Labute approximate surface area is 185 Å². The molecular formula is C20H17F3N8O2. The molecule has 0 amide bonds. The largest absolute Gasteiger partial charge is 0.411 e. The molecule has 4 rings (SSSR count). The molecule has 2 N–H and O–H groups in total. The van der Waals surface area contributed by atoms with Gasteiger partial charge in [-0.15, -0.1) is 0 Å². The van der Waals surface area contributed by atoms with E-state index >= 15 is 0 Å². The van der Waals surface area contributed by atoms with Gasteiger partial charge in [0.25, 0.3) is 5.89 Å². The van der Waals surface area contributed by atoms with Gasteiger partial charge in [0, 0.05) is 18.9 Å². The van der Waals surface area contributed by atoms with E-state index < -0.39 is 12.8 Å². The monoisotopic (exact) mass is 458 g/mol. The van der Waals surface area contributed by atoms with Gasteiger partial charge in [0.2, 0.25) is 23.5 Å². The second-order valence-corrected chi connectivity index (χ2v) is 6.79. The fourth-order valence-electron chi connectivity index (χ4n) is 2.74. The highest BCUT2D eigenvalue weighted by Gasteiger charge is 2.27. The number of para-hydroxylation sites is 1. The highest BCUT2D eigenvalue weighted by molar-refractivity contribution is 5.59. The van der Waals surface area contributed by atoms with E-state index in [0.717, 1.165) is 5.69 Å². The summed E-state index contributed by atoms with van der Waals surface area (Å²) >= 11 is 0. The molecule has 0 bridgehead atoms. The highest BCUT2D eigenvalue weighted by atomic mass is 19.4. The number of anilines is 3. The van der Waals surface area contributed by atoms with Gasteiger partial charge in [0.1, 0.15) is 12.3 Å². The maximum absolute atomic E-state index is 12.2. The molecule has 0 aliphatic rings. The van der Waals surface area contributed by atoms with Gasteiger partial charge in [0.15, 0.2) is 0 Å². The summed E-state index contributed by atoms with van der Waals surface area (Å²) in [4.78, 5) is 22.7. The van der Waals surface area contributed by atoms with Crippen LogP contribution in [0.3, 0.4) is 0 Å². The van der Waals surface area contributed by atoms with Crippen molar-refractivity contribution in [3.05, 3.63) is 54.2 Å². The maximum Gasteiger partial charge on any atom is 0.411 e. The van der Waals surface area contributed by atoms with Crippen LogP contribution in [0, 0.1) is 0 Å². The van der Waals surface area contributed by atoms with Gasteiger partial charge in [-0.05, 0) is 23.8 Å². The fraction of sp³-hybridized carbons (Fsp3) is 0.200. The molecule has 0 aliphatic carbocycles. The van der Waals surface area contributed by atoms with Crippen LogP contribution in [0.25, 0.3) is 23.2 Å². The Bertz CT molecular complexity index is 1220. The predicted octanol–water partition coefficient (Wildman–Crippen LogP) is 3.41. The summed E-state index contributed by atoms with van der Waals surface area (Å²) in [6, 6.07) is 12.5. The lowest BCUT2D eigenvalue weighted by molar-refractivity contribution is -0.176. The van der Waals surface area contributed by atoms with Crippen LogP contribution in [-0.2, 0) is 11.3 Å². The summed E-state index contributed by atoms with van der Waals surface area (Å²) in [7, 11) is 1.78. The number of nitrogen functional groups attached to an aromatic ring is 1. The van der Waals surface area contributed by atoms with Crippen molar-refractivity contribution in [3.8, 4) is 23.2 Å². The molecule has 0 atom stereocenters. The highest BCUT2D eigenvalue weighted by Crippen LogP contribution is 2.24. The van der Waals surface area contributed by atoms with Gasteiger partial charge < -0.3 is 19.9 Å². The molecule has 3 heterocycles. The number of ether oxygens (including phenoxy) is 1. The molecule has 0 radical (unpaired) electrons. The van der Waals surface area contributed by atoms with Gasteiger partial charge in [-0.3, -0.25) is 4.98 Å². The molecule has 33 heavy (non-hydrogen) atoms. The van der Waals surface area contributed by atoms with Crippen molar-refractivity contribution >= 4 is 17.6 Å². The van der Waals surface area contributed by atoms with Gasteiger partial charge in [0.05, 0.1) is 6.61 Å². The van der Waals surface area contributed by atoms with E-state index in [1.165, 1.54) is 12.3 Å². The van der Waals surface area contributed by atoms with Crippen molar-refractivity contribution in [1.29, 1.82) is 0 Å². The molecule has 0 fully saturated rings. The summed E-state index contributed by atoms with van der Waals surface area (Å²) in [6.07, 6.45) is -3.02. The van der Waals surface area contributed by atoms with E-state index in [9.17, 15) is 13.2 Å². The predicted molar refractivity (Wildman–Crippen MR) is 111 cm³/mol. The molecule has 0 unspecified atom stereocenters. The third kappa shape index (κ3) is 5.57. The summed E-state index contributed by atoms with van der Waals surface area (Å²) in [6.45, 7) is -1.57. The number of rotatable bonds is 7. The number of halogens is 3. The number of benzene rings is 1. The summed E-state index contributed by atoms with van der Waals surface area (Å²) in [5.74, 6) is 0.514. The van der Waals surface area contributed by atoms with Crippen LogP contribution >= 0.6 is 0 Å². The number of pyridine rings is 1. The van der Waals surface area contributed by atoms with E-state index in [4.69, 9.17) is 10.3 Å². The zero-order valence-corrected chi connectivity index (χ0v) is 17.2. The zero-order chi connectivity index (χ0) is 23.4. The number of alkyl halides is 3. The maximum atomic E-state index is 12.2. The van der Waals surface area contributed by atoms with Crippen LogP contribution in [0.2, 0.25) is 0 Å². The third-order valence-electron chi connectivity index (χ3n) is 4.29. The lowest BCUT2D eigenvalue weighted by Crippen LogP contribution is -2.16. The number of hydrogen-bond donors (Lipinski definition) is 1. The third-order valence-corrected chi connectivity index (χ3v) is 4.29. The Morgan fingerprint density at radius 1 is 1.00 bits per heavy atom. The normalized spacial score (nSPS) is 11.5. The molecule has 0 saturated heterocycles. The Hall–Kier alpha value is -4.13. The fourth-order valence-corrected chi connectivity index (χ4v) is 2.74. The van der Waals surface area contributed by atoms with Gasteiger partial charge in [-0.1, -0.05) is 29.4 Å². The van der Waals surface area contributed by atoms with E-state index in [-0.39, 0.29) is 36.0 Å². The van der Waals surface area contributed by atoms with Crippen LogP contribution in [0.4, 0.5) is 30.8 Å². The minimum atomic E-state index is -4.39. The first-order valence-electron chi connectivity index (χ1n) is 9.53. The molecular weight excluding hydrogens is 441 g/mol. The van der Waals surface area contributed by atoms with Crippen LogP contribution < -0.4 is 10.6 Å². The first kappa shape index (κ1) is 22.1. The first-order chi connectivity index (χ1) is 15.8. The average molecular weight is 458 g/mol. The lowest BCUT2D eigenvalue weighted by atomic mass is 10.2. The van der Waals surface area contributed by atoms with E-state index in [1.807, 2.05) is 30.3 Å². The van der Waals surface area contributed by atoms with Crippen molar-refractivity contribution in [2.45, 2.75) is 12.8 Å². The molecule has 170 valence electrons. The Morgan fingerprint density at radius 2 is 1.79 bits per heavy atom. The molecule has 4 aromatic rings. The van der Waals surface area contributed by atoms with E-state index in [1.54, 1.807) is 18.0 Å². The van der Waals surface area contributed by atoms with Crippen LogP contribution in [0.15, 0.2) is 53.2 Å². The van der Waals surface area contributed by atoms with Crippen molar-refractivity contribution in [1.82, 2.24) is 30.1 Å². The van der Waals surface area contributed by atoms with Crippen molar-refractivity contribution in [2.24, 2.45) is 0 Å². The second-order valence-electron chi connectivity index (χ2n) is 6.79.